The summed E-state index contributed by atoms with van der Waals surface area (Å²) in [4.78, 5) is 28.9. The van der Waals surface area contributed by atoms with Gasteiger partial charge in [0.15, 0.2) is 13.9 Å². The van der Waals surface area contributed by atoms with Crippen molar-refractivity contribution < 1.29 is 0 Å². The first kappa shape index (κ1) is 30.5. The molecule has 0 fully saturated rings. The van der Waals surface area contributed by atoms with Crippen LogP contribution in [0, 0.1) is 0 Å². The summed E-state index contributed by atoms with van der Waals surface area (Å²) in [6.45, 7) is 34.5. The highest BCUT2D eigenvalue weighted by Gasteiger charge is 2.52. The van der Waals surface area contributed by atoms with Crippen LogP contribution >= 0.6 is 0 Å². The molecule has 1 heterocycles. The van der Waals surface area contributed by atoms with Crippen LogP contribution in [-0.4, -0.2) is 39.1 Å². The van der Waals surface area contributed by atoms with E-state index >= 15 is 0 Å². The normalized spacial score (nSPS) is 14.2. The summed E-state index contributed by atoms with van der Waals surface area (Å²) in [6.07, 6.45) is 0. The van der Waals surface area contributed by atoms with Crippen LogP contribution in [-0.2, 0) is 0 Å². The van der Waals surface area contributed by atoms with E-state index in [1.165, 1.54) is 0 Å². The van der Waals surface area contributed by atoms with Crippen molar-refractivity contribution in [2.24, 2.45) is 0 Å². The monoisotopic (exact) mass is 546 g/mol. The summed E-state index contributed by atoms with van der Waals surface area (Å²) in [6, 6.07) is 8.18. The minimum atomic E-state index is -2.36. The Balaban J connectivity index is 3.02. The topological polar surface area (TPSA) is 71.0 Å². The number of benzene rings is 1. The van der Waals surface area contributed by atoms with E-state index < -0.39 is 36.0 Å². The molecule has 1 aromatic heterocycles. The lowest BCUT2D eigenvalue weighted by Crippen LogP contribution is -2.69. The van der Waals surface area contributed by atoms with Crippen LogP contribution in [0.5, 0.6) is 0 Å². The van der Waals surface area contributed by atoms with Gasteiger partial charge in [-0.25, -0.2) is 9.14 Å². The molecule has 0 aliphatic carbocycles. The molecule has 9 heteroatoms. The molecule has 1 aromatic carbocycles. The number of H-pyrrole nitrogens is 1. The lowest BCUT2D eigenvalue weighted by atomic mass is 10.1. The molecule has 0 bridgehead atoms. The van der Waals surface area contributed by atoms with Crippen LogP contribution in [0.2, 0.25) is 54.4 Å². The van der Waals surface area contributed by atoms with Crippen molar-refractivity contribution in [2.45, 2.75) is 117 Å². The summed E-state index contributed by atoms with van der Waals surface area (Å²) >= 11 is 0. The van der Waals surface area contributed by atoms with E-state index in [2.05, 4.69) is 123 Å². The summed E-state index contributed by atoms with van der Waals surface area (Å²) in [7, 11) is -6.56. The van der Waals surface area contributed by atoms with Gasteiger partial charge < -0.3 is 4.23 Å². The highest BCUT2D eigenvalue weighted by atomic mass is 28.4. The van der Waals surface area contributed by atoms with Crippen LogP contribution in [0.4, 0.5) is 5.69 Å². The molecule has 0 saturated carbocycles. The third kappa shape index (κ3) is 5.15. The molecule has 0 spiro atoms. The van der Waals surface area contributed by atoms with Crippen molar-refractivity contribution in [3.05, 3.63) is 45.1 Å². The summed E-state index contributed by atoms with van der Waals surface area (Å²) < 4.78 is 4.35. The van der Waals surface area contributed by atoms with Gasteiger partial charge in [0.05, 0.1) is 0 Å². The molecule has 1 N–H and O–H groups in total. The second kappa shape index (κ2) is 9.23. The molecule has 0 saturated heterocycles. The maximum Gasteiger partial charge on any atom is 0.336 e. The van der Waals surface area contributed by atoms with Gasteiger partial charge in [0.2, 0.25) is 0 Å². The fourth-order valence-corrected chi connectivity index (χ4v) is 16.2. The molecular formula is C27H50N4O2Si3. The first-order chi connectivity index (χ1) is 15.9. The number of aromatic amines is 1. The molecule has 2 aromatic rings. The van der Waals surface area contributed by atoms with E-state index in [9.17, 15) is 9.59 Å². The molecule has 36 heavy (non-hydrogen) atoms. The van der Waals surface area contributed by atoms with E-state index in [0.717, 1.165) is 11.3 Å². The Kier molecular flexibility index (Phi) is 7.83. The van der Waals surface area contributed by atoms with Gasteiger partial charge in [0.1, 0.15) is 16.5 Å². The van der Waals surface area contributed by atoms with Gasteiger partial charge in [-0.2, -0.15) is 5.10 Å². The Hall–Kier alpha value is -1.72. The third-order valence-corrected chi connectivity index (χ3v) is 27.8. The summed E-state index contributed by atoms with van der Waals surface area (Å²) in [5.41, 5.74) is 1.36. The fourth-order valence-electron chi connectivity index (χ4n) is 4.11. The van der Waals surface area contributed by atoms with E-state index in [-0.39, 0.29) is 15.1 Å². The predicted octanol–water partition coefficient (Wildman–Crippen LogP) is 7.27. The number of aromatic nitrogens is 3. The molecule has 6 nitrogen and oxygen atoms in total. The smallest absolute Gasteiger partial charge is 0.336 e. The quantitative estimate of drug-likeness (QED) is 0.400. The van der Waals surface area contributed by atoms with Crippen LogP contribution < -0.4 is 15.5 Å². The van der Waals surface area contributed by atoms with Gasteiger partial charge in [0.25, 0.3) is 5.56 Å². The van der Waals surface area contributed by atoms with Gasteiger partial charge in [-0.05, 0) is 34.3 Å². The SMILES string of the molecule is CC(C)(C)[Si](C)(C)N(c1ccccc1-c1nn([Si](C)(C)C(C)(C)C)c(=O)[nH]c1=O)[Si](C)(C)C(C)(C)C. The van der Waals surface area contributed by atoms with Crippen molar-refractivity contribution in [3.8, 4) is 11.3 Å². The Morgan fingerprint density at radius 3 is 1.61 bits per heavy atom. The average Bonchev–Trinajstić information content (AvgIpc) is 2.65. The molecule has 0 aliphatic heterocycles. The number of hydrogen-bond acceptors (Lipinski definition) is 4. The van der Waals surface area contributed by atoms with Gasteiger partial charge in [-0.3, -0.25) is 9.78 Å². The summed E-state index contributed by atoms with van der Waals surface area (Å²) in [5, 5.41) is 4.91. The van der Waals surface area contributed by atoms with Gasteiger partial charge in [-0.1, -0.05) is 107 Å². The zero-order chi connectivity index (χ0) is 28.3. The third-order valence-electron chi connectivity index (χ3n) is 9.38. The van der Waals surface area contributed by atoms with Crippen molar-refractivity contribution in [1.82, 2.24) is 14.4 Å². The second-order valence-corrected chi connectivity index (χ2v) is 30.4. The maximum atomic E-state index is 13.3. The lowest BCUT2D eigenvalue weighted by molar-refractivity contribution is 0.659. The van der Waals surface area contributed by atoms with Crippen molar-refractivity contribution in [2.75, 3.05) is 4.23 Å². The van der Waals surface area contributed by atoms with Crippen molar-refractivity contribution in [3.63, 3.8) is 0 Å². The zero-order valence-corrected chi connectivity index (χ0v) is 28.5. The molecule has 202 valence electrons. The number of nitrogens with one attached hydrogen (secondary N) is 1. The predicted molar refractivity (Wildman–Crippen MR) is 164 cm³/mol. The van der Waals surface area contributed by atoms with Crippen LogP contribution in [0.1, 0.15) is 62.3 Å². The fraction of sp³-hybridized carbons (Fsp3) is 0.667. The lowest BCUT2D eigenvalue weighted by Gasteiger charge is -2.58. The highest BCUT2D eigenvalue weighted by molar-refractivity contribution is 7.02. The minimum absolute atomic E-state index is 0.0927. The second-order valence-electron chi connectivity index (χ2n) is 14.8. The Morgan fingerprint density at radius 1 is 0.750 bits per heavy atom. The van der Waals surface area contributed by atoms with Gasteiger partial charge >= 0.3 is 5.69 Å². The number of rotatable bonds is 5. The number of nitrogens with zero attached hydrogens (tertiary/aromatic N) is 3. The van der Waals surface area contributed by atoms with Crippen LogP contribution in [0.25, 0.3) is 11.3 Å². The highest BCUT2D eigenvalue weighted by Crippen LogP contribution is 2.50. The Bertz CT molecular complexity index is 1200. The molecular weight excluding hydrogens is 497 g/mol. The van der Waals surface area contributed by atoms with Crippen molar-refractivity contribution >= 4 is 30.4 Å². The van der Waals surface area contributed by atoms with E-state index in [4.69, 9.17) is 5.10 Å². The molecule has 0 radical (unpaired) electrons. The first-order valence-electron chi connectivity index (χ1n) is 13.0. The standard InChI is InChI=1S/C27H50N4O2Si3/c1-25(2,3)34(10,11)30-24(33)28-23(32)22(29-30)20-18-16-17-19-21(20)31(35(12,13)26(4,5)6)36(14,15)27(7,8)9/h16-19H,1-15H3,(H,28,32,33). The Morgan fingerprint density at radius 2 is 1.19 bits per heavy atom. The Labute approximate surface area is 221 Å². The van der Waals surface area contributed by atoms with Crippen molar-refractivity contribution in [1.29, 1.82) is 0 Å². The zero-order valence-electron chi connectivity index (χ0n) is 25.5. The molecule has 0 atom stereocenters. The average molecular weight is 547 g/mol. The van der Waals surface area contributed by atoms with Crippen LogP contribution in [0.15, 0.2) is 33.9 Å². The largest absolute Gasteiger partial charge is 0.423 e. The van der Waals surface area contributed by atoms with Crippen LogP contribution in [0.3, 0.4) is 0 Å². The van der Waals surface area contributed by atoms with Gasteiger partial charge in [0, 0.05) is 11.3 Å². The number of hydrogen-bond donors (Lipinski definition) is 1. The maximum absolute atomic E-state index is 13.3. The number of para-hydroxylation sites is 1. The van der Waals surface area contributed by atoms with Gasteiger partial charge in [-0.15, -0.1) is 0 Å². The van der Waals surface area contributed by atoms with E-state index in [0.29, 0.717) is 5.69 Å². The molecule has 0 unspecified atom stereocenters. The van der Waals surface area contributed by atoms with E-state index in [1.807, 2.05) is 12.1 Å². The first-order valence-corrected chi connectivity index (χ1v) is 21.9. The molecule has 2 rings (SSSR count). The van der Waals surface area contributed by atoms with E-state index in [1.54, 1.807) is 4.35 Å². The molecule has 0 aliphatic rings. The number of anilines is 1. The molecule has 0 amide bonds. The summed E-state index contributed by atoms with van der Waals surface area (Å²) in [5.74, 6) is 0. The minimum Gasteiger partial charge on any atom is -0.423 e.